The van der Waals surface area contributed by atoms with Crippen LogP contribution < -0.4 is 5.43 Å². The van der Waals surface area contributed by atoms with Crippen molar-refractivity contribution in [1.29, 1.82) is 0 Å². The fourth-order valence-corrected chi connectivity index (χ4v) is 4.58. The van der Waals surface area contributed by atoms with Gasteiger partial charge in [0.2, 0.25) is 11.3 Å². The molecule has 2 aromatic carbocycles. The summed E-state index contributed by atoms with van der Waals surface area (Å²) in [7, 11) is 0. The smallest absolute Gasteiger partial charge is 0.253 e. The third-order valence-corrected chi connectivity index (χ3v) is 6.30. The van der Waals surface area contributed by atoms with Gasteiger partial charge in [-0.25, -0.2) is 0 Å². The minimum absolute atomic E-state index is 0.0543. The molecule has 1 aliphatic heterocycles. The quantitative estimate of drug-likeness (QED) is 0.558. The van der Waals surface area contributed by atoms with Gasteiger partial charge in [0, 0.05) is 43.0 Å². The average Bonchev–Trinajstić information content (AvgIpc) is 2.87. The number of amides is 2. The maximum atomic E-state index is 13.2. The lowest BCUT2D eigenvalue weighted by molar-refractivity contribution is -0.134. The Morgan fingerprint density at radius 2 is 1.73 bits per heavy atom. The molecule has 0 spiro atoms. The van der Waals surface area contributed by atoms with Gasteiger partial charge in [-0.15, -0.1) is 0 Å². The molecule has 7 nitrogen and oxygen atoms in total. The molecule has 172 valence electrons. The lowest BCUT2D eigenvalue weighted by Crippen LogP contribution is -2.49. The molecule has 7 heteroatoms. The van der Waals surface area contributed by atoms with Gasteiger partial charge in [-0.1, -0.05) is 37.3 Å². The lowest BCUT2D eigenvalue weighted by atomic mass is 10.0. The normalized spacial score (nSPS) is 14.4. The molecule has 33 heavy (non-hydrogen) atoms. The topological polar surface area (TPSA) is 75.5 Å². The Hall–Kier alpha value is -3.48. The van der Waals surface area contributed by atoms with Crippen LogP contribution in [0.2, 0.25) is 0 Å². The number of aromatic nitrogens is 2. The van der Waals surface area contributed by atoms with Crippen molar-refractivity contribution < 1.29 is 9.59 Å². The van der Waals surface area contributed by atoms with E-state index in [9.17, 15) is 14.4 Å². The molecule has 0 atom stereocenters. The Balaban J connectivity index is 1.39. The number of carbonyl (C=O) groups excluding carboxylic acids is 2. The van der Waals surface area contributed by atoms with Gasteiger partial charge in [-0.05, 0) is 43.5 Å². The zero-order valence-corrected chi connectivity index (χ0v) is 19.0. The molecule has 0 bridgehead atoms. The molecule has 0 aliphatic carbocycles. The summed E-state index contributed by atoms with van der Waals surface area (Å²) in [5.74, 6) is 0.146. The molecule has 0 N–H and O–H groups in total. The minimum atomic E-state index is -0.113. The van der Waals surface area contributed by atoms with Crippen molar-refractivity contribution in [1.82, 2.24) is 19.6 Å². The molecule has 1 aromatic heterocycles. The fraction of sp³-hybridized carbons (Fsp3) is 0.385. The number of piperidine rings is 1. The maximum Gasteiger partial charge on any atom is 0.253 e. The number of hydrogen-bond acceptors (Lipinski definition) is 4. The van der Waals surface area contributed by atoms with Crippen molar-refractivity contribution in [3.05, 3.63) is 76.6 Å². The number of aryl methyl sites for hydroxylation is 1. The number of likely N-dealkylation sites (tertiary alicyclic amines) is 1. The van der Waals surface area contributed by atoms with E-state index in [-0.39, 0.29) is 23.3 Å². The van der Waals surface area contributed by atoms with Crippen LogP contribution in [0.25, 0.3) is 10.9 Å². The van der Waals surface area contributed by atoms with Crippen LogP contribution in [0.1, 0.15) is 43.0 Å². The number of para-hydroxylation sites is 1. The Labute approximate surface area is 193 Å². The van der Waals surface area contributed by atoms with E-state index in [2.05, 4.69) is 12.0 Å². The molecule has 0 unspecified atom stereocenters. The molecule has 0 radical (unpaired) electrons. The first-order valence-electron chi connectivity index (χ1n) is 11.7. The van der Waals surface area contributed by atoms with Crippen LogP contribution in [-0.4, -0.2) is 57.1 Å². The monoisotopic (exact) mass is 446 g/mol. The molecule has 0 saturated carbocycles. The molecule has 1 saturated heterocycles. The highest BCUT2D eigenvalue weighted by Gasteiger charge is 2.29. The second-order valence-electron chi connectivity index (χ2n) is 8.48. The van der Waals surface area contributed by atoms with Crippen LogP contribution in [0.3, 0.4) is 0 Å². The van der Waals surface area contributed by atoms with E-state index in [0.717, 1.165) is 24.8 Å². The molecule has 3 aromatic rings. The van der Waals surface area contributed by atoms with E-state index in [4.69, 9.17) is 0 Å². The van der Waals surface area contributed by atoms with Gasteiger partial charge in [0.05, 0.1) is 18.3 Å². The molecular weight excluding hydrogens is 416 g/mol. The number of fused-ring (bicyclic) bond motifs is 1. The molecule has 2 amide bonds. The highest BCUT2D eigenvalue weighted by molar-refractivity contribution is 5.94. The van der Waals surface area contributed by atoms with E-state index in [0.29, 0.717) is 43.5 Å². The highest BCUT2D eigenvalue weighted by atomic mass is 16.2. The second kappa shape index (κ2) is 10.4. The predicted molar refractivity (Wildman–Crippen MR) is 128 cm³/mol. The zero-order valence-electron chi connectivity index (χ0n) is 19.0. The van der Waals surface area contributed by atoms with E-state index < -0.39 is 0 Å². The summed E-state index contributed by atoms with van der Waals surface area (Å²) in [4.78, 5) is 41.8. The van der Waals surface area contributed by atoms with Gasteiger partial charge in [0.25, 0.3) is 5.91 Å². The van der Waals surface area contributed by atoms with Crippen molar-refractivity contribution in [3.8, 4) is 0 Å². The lowest BCUT2D eigenvalue weighted by Gasteiger charge is -2.38. The van der Waals surface area contributed by atoms with Crippen molar-refractivity contribution in [3.63, 3.8) is 0 Å². The summed E-state index contributed by atoms with van der Waals surface area (Å²) in [6, 6.07) is 16.8. The molecular formula is C26H30N4O3. The molecule has 1 fully saturated rings. The number of rotatable bonds is 7. The number of hydrogen-bond donors (Lipinski definition) is 0. The second-order valence-corrected chi connectivity index (χ2v) is 8.48. The first-order chi connectivity index (χ1) is 16.1. The number of nitrogens with zero attached hydrogens (tertiary/aromatic N) is 4. The standard InChI is InChI=1S/C26H30N4O3/c1-2-15-29(21-12-16-28(17-13-21)26(33)20-8-4-3-5-9-20)25(32)14-18-30-23-11-7-6-10-22(23)24(31)19-27-30/h3-11,19,21H,2,12-18H2,1H3. The van der Waals surface area contributed by atoms with Gasteiger partial charge >= 0.3 is 0 Å². The summed E-state index contributed by atoms with van der Waals surface area (Å²) < 4.78 is 1.74. The summed E-state index contributed by atoms with van der Waals surface area (Å²) in [6.45, 7) is 4.50. The SMILES string of the molecule is CCCN(C(=O)CCn1ncc(=O)c2ccccc21)C1CCN(C(=O)c2ccccc2)CC1. The van der Waals surface area contributed by atoms with Crippen molar-refractivity contribution >= 4 is 22.7 Å². The highest BCUT2D eigenvalue weighted by Crippen LogP contribution is 2.20. The van der Waals surface area contributed by atoms with Crippen molar-refractivity contribution in [2.75, 3.05) is 19.6 Å². The first kappa shape index (κ1) is 22.7. The van der Waals surface area contributed by atoms with Crippen LogP contribution in [0.15, 0.2) is 65.6 Å². The Morgan fingerprint density at radius 3 is 2.45 bits per heavy atom. The first-order valence-corrected chi connectivity index (χ1v) is 11.7. The average molecular weight is 447 g/mol. The van der Waals surface area contributed by atoms with Crippen LogP contribution in [0.5, 0.6) is 0 Å². The minimum Gasteiger partial charge on any atom is -0.340 e. The van der Waals surface area contributed by atoms with Gasteiger partial charge < -0.3 is 9.80 Å². The van der Waals surface area contributed by atoms with Crippen LogP contribution in [0.4, 0.5) is 0 Å². The van der Waals surface area contributed by atoms with Gasteiger partial charge in [0.15, 0.2) is 0 Å². The number of benzene rings is 2. The third kappa shape index (κ3) is 5.13. The van der Waals surface area contributed by atoms with E-state index in [1.165, 1.54) is 6.20 Å². The summed E-state index contributed by atoms with van der Waals surface area (Å²) in [5.41, 5.74) is 1.34. The van der Waals surface area contributed by atoms with Crippen molar-refractivity contribution in [2.45, 2.75) is 45.2 Å². The van der Waals surface area contributed by atoms with Gasteiger partial charge in [0.1, 0.15) is 0 Å². The molecule has 4 rings (SSSR count). The Bertz CT molecular complexity index is 1170. The zero-order chi connectivity index (χ0) is 23.2. The fourth-order valence-electron chi connectivity index (χ4n) is 4.58. The number of carbonyl (C=O) groups is 2. The van der Waals surface area contributed by atoms with E-state index in [1.54, 1.807) is 10.7 Å². The van der Waals surface area contributed by atoms with Crippen LogP contribution in [-0.2, 0) is 11.3 Å². The summed E-state index contributed by atoms with van der Waals surface area (Å²) in [5, 5.41) is 4.86. The molecule has 2 heterocycles. The van der Waals surface area contributed by atoms with E-state index >= 15 is 0 Å². The molecule has 1 aliphatic rings. The summed E-state index contributed by atoms with van der Waals surface area (Å²) >= 11 is 0. The van der Waals surface area contributed by atoms with Crippen molar-refractivity contribution in [2.24, 2.45) is 0 Å². The third-order valence-electron chi connectivity index (χ3n) is 6.30. The van der Waals surface area contributed by atoms with Gasteiger partial charge in [-0.3, -0.25) is 19.1 Å². The largest absolute Gasteiger partial charge is 0.340 e. The van der Waals surface area contributed by atoms with E-state index in [1.807, 2.05) is 58.3 Å². The summed E-state index contributed by atoms with van der Waals surface area (Å²) in [6.07, 6.45) is 4.08. The van der Waals surface area contributed by atoms with Crippen LogP contribution in [0, 0.1) is 0 Å². The van der Waals surface area contributed by atoms with Crippen LogP contribution >= 0.6 is 0 Å². The predicted octanol–water partition coefficient (Wildman–Crippen LogP) is 3.33. The maximum absolute atomic E-state index is 13.2. The Morgan fingerprint density at radius 1 is 1.03 bits per heavy atom. The Kier molecular flexibility index (Phi) is 7.17. The van der Waals surface area contributed by atoms with Gasteiger partial charge in [-0.2, -0.15) is 5.10 Å².